The quantitative estimate of drug-likeness (QED) is 0.145. The summed E-state index contributed by atoms with van der Waals surface area (Å²) in [5.41, 5.74) is 3.41. The number of pyridine rings is 1. The minimum Gasteiger partial charge on any atom is -0.497 e. The summed E-state index contributed by atoms with van der Waals surface area (Å²) in [5, 5.41) is 0.448. The highest BCUT2D eigenvalue weighted by Gasteiger charge is 2.25. The fraction of sp³-hybridized carbons (Fsp3) is 0.250. The third-order valence-electron chi connectivity index (χ3n) is 7.68. The molecule has 0 N–H and O–H groups in total. The number of carbonyl (C=O) groups excluding carboxylic acids is 2. The topological polar surface area (TPSA) is 96.3 Å². The van der Waals surface area contributed by atoms with Crippen molar-refractivity contribution in [3.8, 4) is 21.9 Å². The van der Waals surface area contributed by atoms with Crippen LogP contribution in [0.25, 0.3) is 20.7 Å². The Morgan fingerprint density at radius 1 is 0.826 bits per heavy atom. The average Bonchev–Trinajstić information content (AvgIpc) is 3.45. The number of carbonyl (C=O) groups is 2. The Bertz CT molecular complexity index is 1930. The molecule has 10 heteroatoms. The number of hydrogen-bond acceptors (Lipinski definition) is 9. The maximum absolute atomic E-state index is 14.2. The molecule has 0 saturated carbocycles. The van der Waals surface area contributed by atoms with E-state index in [1.807, 2.05) is 77.2 Å². The zero-order chi connectivity index (χ0) is 32.8. The maximum Gasteiger partial charge on any atom is 0.343 e. The molecule has 0 fully saturated rings. The molecule has 0 atom stereocenters. The van der Waals surface area contributed by atoms with Gasteiger partial charge in [0.25, 0.3) is 0 Å². The number of esters is 2. The molecule has 0 saturated heterocycles. The number of ether oxygens (including phenoxy) is 4. The van der Waals surface area contributed by atoms with Crippen LogP contribution in [0.4, 0.5) is 0 Å². The van der Waals surface area contributed by atoms with Gasteiger partial charge in [-0.05, 0) is 67.1 Å². The molecule has 0 aliphatic carbocycles. The van der Waals surface area contributed by atoms with Crippen LogP contribution >= 0.6 is 11.3 Å². The molecule has 0 amide bonds. The van der Waals surface area contributed by atoms with E-state index in [0.717, 1.165) is 27.1 Å². The molecular formula is C36H36N2O7S. The summed E-state index contributed by atoms with van der Waals surface area (Å²) < 4.78 is 23.3. The first-order valence-corrected chi connectivity index (χ1v) is 15.6. The van der Waals surface area contributed by atoms with E-state index in [0.29, 0.717) is 46.9 Å². The van der Waals surface area contributed by atoms with Crippen LogP contribution in [0.3, 0.4) is 0 Å². The molecule has 0 radical (unpaired) electrons. The molecule has 5 aromatic rings. The van der Waals surface area contributed by atoms with Crippen LogP contribution in [0.15, 0.2) is 83.8 Å². The lowest BCUT2D eigenvalue weighted by Gasteiger charge is -2.19. The molecule has 5 rings (SSSR count). The van der Waals surface area contributed by atoms with E-state index in [1.165, 1.54) is 18.4 Å². The van der Waals surface area contributed by atoms with Crippen LogP contribution < -0.4 is 14.9 Å². The van der Waals surface area contributed by atoms with Gasteiger partial charge >= 0.3 is 11.9 Å². The minimum atomic E-state index is -0.674. The van der Waals surface area contributed by atoms with Gasteiger partial charge in [0.1, 0.15) is 21.9 Å². The Balaban J connectivity index is 1.71. The summed E-state index contributed by atoms with van der Waals surface area (Å²) in [5.74, 6) is 0.320. The molecule has 9 nitrogen and oxygen atoms in total. The van der Waals surface area contributed by atoms with Gasteiger partial charge in [-0.3, -0.25) is 9.69 Å². The van der Waals surface area contributed by atoms with Crippen LogP contribution in [-0.2, 0) is 29.1 Å². The SMILES string of the molecule is CCOC(=O)c1cn(Cc2ccccc2OC)c2sc(-c3ccc(OC)cc3)c(CN(C)Cc3ccccc3C(=O)OC)c2c1=O. The standard InChI is InChI=1S/C36H36N2O7S/c1-6-45-36(41)29-22-38(20-25-12-8-10-14-30(25)43-4)34-31(32(29)39)28(33(46-34)23-15-17-26(42-3)18-16-23)21-37(2)19-24-11-7-9-13-27(24)35(40)44-5/h7-18,22H,6,19-21H2,1-5H3. The maximum atomic E-state index is 14.2. The highest BCUT2D eigenvalue weighted by atomic mass is 32.1. The Morgan fingerprint density at radius 2 is 1.52 bits per heavy atom. The summed E-state index contributed by atoms with van der Waals surface area (Å²) in [6, 6.07) is 22.6. The number of benzene rings is 3. The highest BCUT2D eigenvalue weighted by molar-refractivity contribution is 7.22. The van der Waals surface area contributed by atoms with E-state index in [2.05, 4.69) is 0 Å². The first-order chi connectivity index (χ1) is 22.3. The van der Waals surface area contributed by atoms with E-state index in [1.54, 1.807) is 39.5 Å². The third kappa shape index (κ3) is 6.68. The first-order valence-electron chi connectivity index (χ1n) is 14.8. The molecule has 0 aliphatic rings. The second-order valence-electron chi connectivity index (χ2n) is 10.7. The van der Waals surface area contributed by atoms with Crippen LogP contribution in [0.2, 0.25) is 0 Å². The van der Waals surface area contributed by atoms with E-state index in [4.69, 9.17) is 18.9 Å². The summed E-state index contributed by atoms with van der Waals surface area (Å²) in [6.45, 7) is 2.98. The number of hydrogen-bond donors (Lipinski definition) is 0. The van der Waals surface area contributed by atoms with Gasteiger partial charge in [-0.15, -0.1) is 11.3 Å². The molecule has 2 heterocycles. The molecule has 46 heavy (non-hydrogen) atoms. The van der Waals surface area contributed by atoms with Crippen molar-refractivity contribution in [1.29, 1.82) is 0 Å². The Labute approximate surface area is 271 Å². The van der Waals surface area contributed by atoms with Crippen molar-refractivity contribution in [2.75, 3.05) is 35.0 Å². The summed E-state index contributed by atoms with van der Waals surface area (Å²) in [6.07, 6.45) is 1.59. The van der Waals surface area contributed by atoms with Crippen LogP contribution in [0.1, 0.15) is 44.3 Å². The molecule has 3 aromatic carbocycles. The Morgan fingerprint density at radius 3 is 2.20 bits per heavy atom. The minimum absolute atomic E-state index is 0.0386. The van der Waals surface area contributed by atoms with E-state index in [9.17, 15) is 14.4 Å². The predicted molar refractivity (Wildman–Crippen MR) is 179 cm³/mol. The van der Waals surface area contributed by atoms with Crippen molar-refractivity contribution in [3.05, 3.63) is 117 Å². The van der Waals surface area contributed by atoms with Gasteiger partial charge in [0.05, 0.1) is 45.4 Å². The molecule has 0 unspecified atom stereocenters. The second-order valence-corrected chi connectivity index (χ2v) is 11.7. The lowest BCUT2D eigenvalue weighted by Crippen LogP contribution is -2.23. The number of nitrogens with zero attached hydrogens (tertiary/aromatic N) is 2. The fourth-order valence-corrected chi connectivity index (χ4v) is 6.78. The van der Waals surface area contributed by atoms with Gasteiger partial charge in [-0.1, -0.05) is 36.4 Å². The largest absolute Gasteiger partial charge is 0.497 e. The van der Waals surface area contributed by atoms with Gasteiger partial charge in [0.2, 0.25) is 5.43 Å². The Hall–Kier alpha value is -4.93. The van der Waals surface area contributed by atoms with E-state index >= 15 is 0 Å². The number of fused-ring (bicyclic) bond motifs is 1. The van der Waals surface area contributed by atoms with Crippen LogP contribution in [-0.4, -0.2) is 56.4 Å². The van der Waals surface area contributed by atoms with Crippen LogP contribution in [0, 0.1) is 0 Å². The zero-order valence-corrected chi connectivity index (χ0v) is 27.3. The van der Waals surface area contributed by atoms with Crippen LogP contribution in [0.5, 0.6) is 11.5 Å². The first kappa shape index (κ1) is 32.5. The molecule has 2 aromatic heterocycles. The number of para-hydroxylation sites is 1. The van der Waals surface area contributed by atoms with E-state index in [-0.39, 0.29) is 17.6 Å². The van der Waals surface area contributed by atoms with Gasteiger partial charge in [-0.25, -0.2) is 9.59 Å². The molecule has 0 aliphatic heterocycles. The van der Waals surface area contributed by atoms with Crippen molar-refractivity contribution in [2.45, 2.75) is 26.6 Å². The molecule has 0 spiro atoms. The Kier molecular flexibility index (Phi) is 10.2. The van der Waals surface area contributed by atoms with Gasteiger partial charge in [0, 0.05) is 29.7 Å². The van der Waals surface area contributed by atoms with Gasteiger partial charge in [-0.2, -0.15) is 0 Å². The highest BCUT2D eigenvalue weighted by Crippen LogP contribution is 2.39. The third-order valence-corrected chi connectivity index (χ3v) is 9.00. The predicted octanol–water partition coefficient (Wildman–Crippen LogP) is 6.39. The van der Waals surface area contributed by atoms with Gasteiger partial charge < -0.3 is 23.5 Å². The number of rotatable bonds is 12. The molecule has 0 bridgehead atoms. The van der Waals surface area contributed by atoms with Crippen molar-refractivity contribution >= 4 is 33.5 Å². The lowest BCUT2D eigenvalue weighted by molar-refractivity contribution is 0.0523. The molecular weight excluding hydrogens is 604 g/mol. The average molecular weight is 641 g/mol. The number of aromatic nitrogens is 1. The number of methoxy groups -OCH3 is 3. The van der Waals surface area contributed by atoms with E-state index < -0.39 is 11.9 Å². The number of thiophene rings is 1. The van der Waals surface area contributed by atoms with Crippen molar-refractivity contribution in [1.82, 2.24) is 9.47 Å². The zero-order valence-electron chi connectivity index (χ0n) is 26.5. The van der Waals surface area contributed by atoms with Crippen molar-refractivity contribution in [2.24, 2.45) is 0 Å². The second kappa shape index (κ2) is 14.4. The molecule has 238 valence electrons. The summed E-state index contributed by atoms with van der Waals surface area (Å²) >= 11 is 1.49. The lowest BCUT2D eigenvalue weighted by atomic mass is 10.0. The van der Waals surface area contributed by atoms with Crippen molar-refractivity contribution in [3.63, 3.8) is 0 Å². The van der Waals surface area contributed by atoms with Crippen molar-refractivity contribution < 1.29 is 28.5 Å². The fourth-order valence-electron chi connectivity index (χ4n) is 5.50. The smallest absolute Gasteiger partial charge is 0.343 e. The monoisotopic (exact) mass is 640 g/mol. The normalized spacial score (nSPS) is 11.1. The van der Waals surface area contributed by atoms with Gasteiger partial charge in [0.15, 0.2) is 0 Å². The summed E-state index contributed by atoms with van der Waals surface area (Å²) in [4.78, 5) is 43.5. The summed E-state index contributed by atoms with van der Waals surface area (Å²) in [7, 11) is 6.52.